The molecule has 1 aromatic heterocycles. The van der Waals surface area contributed by atoms with Crippen LogP contribution in [0.5, 0.6) is 0 Å². The van der Waals surface area contributed by atoms with Crippen molar-refractivity contribution in [1.29, 1.82) is 0 Å². The summed E-state index contributed by atoms with van der Waals surface area (Å²) in [6, 6.07) is 9.59. The van der Waals surface area contributed by atoms with Gasteiger partial charge < -0.3 is 9.80 Å². The smallest absolute Gasteiger partial charge is 0.229 e. The van der Waals surface area contributed by atoms with Crippen LogP contribution in [-0.4, -0.2) is 45.8 Å². The van der Waals surface area contributed by atoms with E-state index in [0.717, 1.165) is 38.1 Å². The first-order valence-corrected chi connectivity index (χ1v) is 9.80. The Labute approximate surface area is 143 Å². The van der Waals surface area contributed by atoms with Gasteiger partial charge in [0.25, 0.3) is 0 Å². The van der Waals surface area contributed by atoms with Crippen LogP contribution in [0, 0.1) is 6.92 Å². The maximum Gasteiger partial charge on any atom is 0.229 e. The van der Waals surface area contributed by atoms with E-state index < -0.39 is 10.0 Å². The second kappa shape index (κ2) is 6.68. The molecule has 0 saturated carbocycles. The first kappa shape index (κ1) is 16.6. The number of rotatable bonds is 4. The van der Waals surface area contributed by atoms with E-state index in [1.165, 1.54) is 11.3 Å². The van der Waals surface area contributed by atoms with Crippen LogP contribution in [0.4, 0.5) is 17.1 Å². The van der Waals surface area contributed by atoms with E-state index in [0.29, 0.717) is 5.69 Å². The Bertz CT molecular complexity index is 798. The maximum atomic E-state index is 11.3. The highest BCUT2D eigenvalue weighted by atomic mass is 32.2. The molecule has 0 bridgehead atoms. The fourth-order valence-electron chi connectivity index (χ4n) is 2.98. The number of benzene rings is 1. The Balaban J connectivity index is 1.63. The van der Waals surface area contributed by atoms with Crippen LogP contribution < -0.4 is 14.5 Å². The summed E-state index contributed by atoms with van der Waals surface area (Å²) in [4.78, 5) is 8.85. The number of nitrogens with one attached hydrogen (secondary N) is 1. The SMILES string of the molecule is Cc1cnccc1N1CCN(c2ccc(NS(C)(=O)=O)cc2)CC1. The van der Waals surface area contributed by atoms with Crippen molar-refractivity contribution in [3.05, 3.63) is 48.3 Å². The molecule has 1 saturated heterocycles. The molecule has 0 atom stereocenters. The number of anilines is 3. The second-order valence-electron chi connectivity index (χ2n) is 6.06. The highest BCUT2D eigenvalue weighted by Crippen LogP contribution is 2.23. The molecule has 24 heavy (non-hydrogen) atoms. The summed E-state index contributed by atoms with van der Waals surface area (Å²) in [5.41, 5.74) is 4.15. The Hall–Kier alpha value is -2.28. The van der Waals surface area contributed by atoms with Crippen molar-refractivity contribution in [3.8, 4) is 0 Å². The summed E-state index contributed by atoms with van der Waals surface area (Å²) < 4.78 is 25.0. The molecule has 0 amide bonds. The minimum absolute atomic E-state index is 0.590. The molecule has 0 unspecified atom stereocenters. The highest BCUT2D eigenvalue weighted by molar-refractivity contribution is 7.92. The monoisotopic (exact) mass is 346 g/mol. The van der Waals surface area contributed by atoms with Crippen LogP contribution in [0.25, 0.3) is 0 Å². The number of aromatic nitrogens is 1. The molecule has 1 aromatic carbocycles. The lowest BCUT2D eigenvalue weighted by atomic mass is 10.2. The summed E-state index contributed by atoms with van der Waals surface area (Å²) in [7, 11) is -3.23. The van der Waals surface area contributed by atoms with E-state index in [1.807, 2.05) is 24.5 Å². The van der Waals surface area contributed by atoms with Gasteiger partial charge in [0.15, 0.2) is 0 Å². The standard InChI is InChI=1S/C17H22N4O2S/c1-14-13-18-8-7-17(14)21-11-9-20(10-12-21)16-5-3-15(4-6-16)19-24(2,22)23/h3-8,13,19H,9-12H2,1-2H3. The normalized spacial score (nSPS) is 15.4. The first-order valence-electron chi connectivity index (χ1n) is 7.91. The number of aryl methyl sites for hydroxylation is 1. The number of pyridine rings is 1. The zero-order valence-electron chi connectivity index (χ0n) is 13.9. The Morgan fingerprint density at radius 3 is 2.21 bits per heavy atom. The average molecular weight is 346 g/mol. The van der Waals surface area contributed by atoms with E-state index in [4.69, 9.17) is 0 Å². The molecular weight excluding hydrogens is 324 g/mol. The largest absolute Gasteiger partial charge is 0.368 e. The quantitative estimate of drug-likeness (QED) is 0.918. The van der Waals surface area contributed by atoms with E-state index in [1.54, 1.807) is 12.1 Å². The molecule has 0 spiro atoms. The van der Waals surface area contributed by atoms with E-state index in [9.17, 15) is 8.42 Å². The fourth-order valence-corrected chi connectivity index (χ4v) is 3.55. The van der Waals surface area contributed by atoms with Crippen molar-refractivity contribution in [1.82, 2.24) is 4.98 Å². The third kappa shape index (κ3) is 3.97. The summed E-state index contributed by atoms with van der Waals surface area (Å²) in [6.07, 6.45) is 4.89. The van der Waals surface area contributed by atoms with Gasteiger partial charge in [-0.3, -0.25) is 9.71 Å². The lowest BCUT2D eigenvalue weighted by Crippen LogP contribution is -2.46. The molecule has 1 N–H and O–H groups in total. The average Bonchev–Trinajstić information content (AvgIpc) is 2.55. The lowest BCUT2D eigenvalue weighted by molar-refractivity contribution is 0.607. The van der Waals surface area contributed by atoms with Crippen LogP contribution in [-0.2, 0) is 10.0 Å². The highest BCUT2D eigenvalue weighted by Gasteiger charge is 2.18. The zero-order chi connectivity index (χ0) is 17.2. The number of piperazine rings is 1. The summed E-state index contributed by atoms with van der Waals surface area (Å²) >= 11 is 0. The summed E-state index contributed by atoms with van der Waals surface area (Å²) in [5.74, 6) is 0. The van der Waals surface area contributed by atoms with Crippen LogP contribution in [0.2, 0.25) is 0 Å². The van der Waals surface area contributed by atoms with Crippen molar-refractivity contribution < 1.29 is 8.42 Å². The van der Waals surface area contributed by atoms with Gasteiger partial charge >= 0.3 is 0 Å². The third-order valence-electron chi connectivity index (χ3n) is 4.15. The molecular formula is C17H22N4O2S. The van der Waals surface area contributed by atoms with E-state index in [-0.39, 0.29) is 0 Å². The van der Waals surface area contributed by atoms with Crippen molar-refractivity contribution in [3.63, 3.8) is 0 Å². The topological polar surface area (TPSA) is 65.5 Å². The Kier molecular flexibility index (Phi) is 4.62. The summed E-state index contributed by atoms with van der Waals surface area (Å²) in [6.45, 7) is 5.85. The van der Waals surface area contributed by atoms with Crippen LogP contribution in [0.15, 0.2) is 42.7 Å². The molecule has 7 heteroatoms. The van der Waals surface area contributed by atoms with Gasteiger partial charge in [0.2, 0.25) is 10.0 Å². The molecule has 0 radical (unpaired) electrons. The minimum Gasteiger partial charge on any atom is -0.368 e. The van der Waals surface area contributed by atoms with Gasteiger partial charge in [-0.1, -0.05) is 0 Å². The third-order valence-corrected chi connectivity index (χ3v) is 4.75. The van der Waals surface area contributed by atoms with Crippen molar-refractivity contribution in [2.75, 3.05) is 47.0 Å². The molecule has 1 fully saturated rings. The van der Waals surface area contributed by atoms with Crippen LogP contribution >= 0.6 is 0 Å². The van der Waals surface area contributed by atoms with Gasteiger partial charge in [0.05, 0.1) is 6.26 Å². The Morgan fingerprint density at radius 1 is 1.00 bits per heavy atom. The van der Waals surface area contributed by atoms with E-state index in [2.05, 4.69) is 32.5 Å². The molecule has 128 valence electrons. The molecule has 0 aliphatic carbocycles. The van der Waals surface area contributed by atoms with Gasteiger partial charge in [0.1, 0.15) is 0 Å². The number of hydrogen-bond donors (Lipinski definition) is 1. The van der Waals surface area contributed by atoms with E-state index >= 15 is 0 Å². The molecule has 2 aromatic rings. The van der Waals surface area contributed by atoms with Gasteiger partial charge in [-0.2, -0.15) is 0 Å². The maximum absolute atomic E-state index is 11.3. The number of nitrogens with zero attached hydrogens (tertiary/aromatic N) is 3. The van der Waals surface area contributed by atoms with Crippen LogP contribution in [0.1, 0.15) is 5.56 Å². The summed E-state index contributed by atoms with van der Waals surface area (Å²) in [5, 5.41) is 0. The van der Waals surface area contributed by atoms with Crippen LogP contribution in [0.3, 0.4) is 0 Å². The van der Waals surface area contributed by atoms with Gasteiger partial charge in [-0.05, 0) is 42.8 Å². The second-order valence-corrected chi connectivity index (χ2v) is 7.81. The fraction of sp³-hybridized carbons (Fsp3) is 0.353. The number of hydrogen-bond acceptors (Lipinski definition) is 5. The lowest BCUT2D eigenvalue weighted by Gasteiger charge is -2.38. The first-order chi connectivity index (χ1) is 11.4. The predicted molar refractivity (Wildman–Crippen MR) is 98.3 cm³/mol. The van der Waals surface area contributed by atoms with Gasteiger partial charge in [0, 0.05) is 55.6 Å². The van der Waals surface area contributed by atoms with Gasteiger partial charge in [-0.25, -0.2) is 8.42 Å². The molecule has 6 nitrogen and oxygen atoms in total. The predicted octanol–water partition coefficient (Wildman–Crippen LogP) is 2.09. The van der Waals surface area contributed by atoms with Crippen molar-refractivity contribution >= 4 is 27.1 Å². The minimum atomic E-state index is -3.23. The van der Waals surface area contributed by atoms with Crippen molar-refractivity contribution in [2.45, 2.75) is 6.92 Å². The molecule has 1 aliphatic heterocycles. The number of sulfonamides is 1. The van der Waals surface area contributed by atoms with Crippen molar-refractivity contribution in [2.24, 2.45) is 0 Å². The molecule has 3 rings (SSSR count). The van der Waals surface area contributed by atoms with Gasteiger partial charge in [-0.15, -0.1) is 0 Å². The molecule has 2 heterocycles. The zero-order valence-corrected chi connectivity index (χ0v) is 14.8. The molecule has 1 aliphatic rings. The Morgan fingerprint density at radius 2 is 1.62 bits per heavy atom.